The highest BCUT2D eigenvalue weighted by atomic mass is 32.2. The first kappa shape index (κ1) is 20.3. The third-order valence-electron chi connectivity index (χ3n) is 4.02. The van der Waals surface area contributed by atoms with Crippen LogP contribution in [-0.2, 0) is 16.6 Å². The molecule has 0 saturated heterocycles. The fourth-order valence-corrected chi connectivity index (χ4v) is 3.15. The number of hydrogen-bond donors (Lipinski definition) is 3. The van der Waals surface area contributed by atoms with Gasteiger partial charge in [0.15, 0.2) is 5.96 Å². The number of rotatable bonds is 9. The molecule has 2 rings (SSSR count). The monoisotopic (exact) mass is 380 g/mol. The third kappa shape index (κ3) is 5.74. The van der Waals surface area contributed by atoms with Crippen molar-refractivity contribution in [3.63, 3.8) is 0 Å². The van der Waals surface area contributed by atoms with E-state index in [9.17, 15) is 8.42 Å². The molecule has 0 aliphatic carbocycles. The molecule has 0 aliphatic heterocycles. The first-order chi connectivity index (χ1) is 12.5. The summed E-state index contributed by atoms with van der Waals surface area (Å²) in [6.45, 7) is 7.88. The van der Waals surface area contributed by atoms with Gasteiger partial charge in [0.1, 0.15) is 17.9 Å². The average molecular weight is 381 g/mol. The number of nitrogens with zero attached hydrogens (tertiary/aromatic N) is 1. The SMILES string of the molecule is CCNC(=NCc1oc2ccccc2c1C)NCCCNS(=O)(=O)CC. The summed E-state index contributed by atoms with van der Waals surface area (Å²) in [5.74, 6) is 1.63. The van der Waals surface area contributed by atoms with Crippen molar-refractivity contribution in [2.75, 3.05) is 25.4 Å². The minimum absolute atomic E-state index is 0.0986. The van der Waals surface area contributed by atoms with Gasteiger partial charge in [0.2, 0.25) is 10.0 Å². The van der Waals surface area contributed by atoms with E-state index in [0.29, 0.717) is 32.0 Å². The summed E-state index contributed by atoms with van der Waals surface area (Å²) in [5.41, 5.74) is 1.98. The smallest absolute Gasteiger partial charge is 0.211 e. The number of nitrogens with one attached hydrogen (secondary N) is 3. The highest BCUT2D eigenvalue weighted by Gasteiger charge is 2.09. The van der Waals surface area contributed by atoms with Crippen molar-refractivity contribution in [1.29, 1.82) is 0 Å². The Balaban J connectivity index is 1.90. The van der Waals surface area contributed by atoms with Crippen LogP contribution in [0.1, 0.15) is 31.6 Å². The van der Waals surface area contributed by atoms with Crippen LogP contribution in [0.4, 0.5) is 0 Å². The van der Waals surface area contributed by atoms with Crippen molar-refractivity contribution in [3.8, 4) is 0 Å². The van der Waals surface area contributed by atoms with E-state index in [-0.39, 0.29) is 5.75 Å². The summed E-state index contributed by atoms with van der Waals surface area (Å²) in [6, 6.07) is 7.95. The van der Waals surface area contributed by atoms with E-state index in [2.05, 4.69) is 20.3 Å². The lowest BCUT2D eigenvalue weighted by molar-refractivity contribution is 0.547. The van der Waals surface area contributed by atoms with E-state index in [1.165, 1.54) is 0 Å². The molecule has 0 fully saturated rings. The molecule has 7 nitrogen and oxygen atoms in total. The highest BCUT2D eigenvalue weighted by molar-refractivity contribution is 7.89. The number of furan rings is 1. The molecule has 0 unspecified atom stereocenters. The van der Waals surface area contributed by atoms with Crippen LogP contribution >= 0.6 is 0 Å². The highest BCUT2D eigenvalue weighted by Crippen LogP contribution is 2.25. The van der Waals surface area contributed by atoms with Crippen LogP contribution in [0.25, 0.3) is 11.0 Å². The van der Waals surface area contributed by atoms with E-state index in [1.807, 2.05) is 38.1 Å². The fraction of sp³-hybridized carbons (Fsp3) is 0.500. The Kier molecular flexibility index (Phi) is 7.47. The molecule has 0 amide bonds. The topological polar surface area (TPSA) is 95.7 Å². The number of aryl methyl sites for hydroxylation is 1. The number of sulfonamides is 1. The summed E-state index contributed by atoms with van der Waals surface area (Å²) in [5, 5.41) is 7.50. The summed E-state index contributed by atoms with van der Waals surface area (Å²) in [4.78, 5) is 4.56. The number of hydrogen-bond acceptors (Lipinski definition) is 4. The van der Waals surface area contributed by atoms with E-state index in [0.717, 1.165) is 28.8 Å². The summed E-state index contributed by atoms with van der Waals surface area (Å²) >= 11 is 0. The second-order valence-electron chi connectivity index (χ2n) is 5.92. The molecule has 144 valence electrons. The van der Waals surface area contributed by atoms with Crippen molar-refractivity contribution in [2.24, 2.45) is 4.99 Å². The Bertz CT molecular complexity index is 843. The van der Waals surface area contributed by atoms with Gasteiger partial charge in [0.25, 0.3) is 0 Å². The molecule has 1 aromatic carbocycles. The average Bonchev–Trinajstić information content (AvgIpc) is 2.95. The normalized spacial score (nSPS) is 12.5. The summed E-state index contributed by atoms with van der Waals surface area (Å²) in [7, 11) is -3.13. The maximum Gasteiger partial charge on any atom is 0.211 e. The standard InChI is InChI=1S/C18H28N4O3S/c1-4-19-18(20-11-8-12-22-26(23,24)5-2)21-13-17-14(3)15-9-6-7-10-16(15)25-17/h6-7,9-10,22H,4-5,8,11-13H2,1-3H3,(H2,19,20,21). The van der Waals surface area contributed by atoms with Gasteiger partial charge in [-0.1, -0.05) is 18.2 Å². The number of guanidine groups is 1. The number of aliphatic imine (C=N–C) groups is 1. The number of para-hydroxylation sites is 1. The van der Waals surface area contributed by atoms with E-state index < -0.39 is 10.0 Å². The van der Waals surface area contributed by atoms with Crippen LogP contribution in [0.3, 0.4) is 0 Å². The van der Waals surface area contributed by atoms with E-state index >= 15 is 0 Å². The molecule has 3 N–H and O–H groups in total. The molecular weight excluding hydrogens is 352 g/mol. The second-order valence-corrected chi connectivity index (χ2v) is 8.02. The lowest BCUT2D eigenvalue weighted by Gasteiger charge is -2.11. The molecule has 0 saturated carbocycles. The van der Waals surface area contributed by atoms with Crippen molar-refractivity contribution >= 4 is 27.0 Å². The predicted octanol–water partition coefficient (Wildman–Crippen LogP) is 2.13. The maximum atomic E-state index is 11.4. The van der Waals surface area contributed by atoms with Gasteiger partial charge < -0.3 is 15.1 Å². The van der Waals surface area contributed by atoms with Gasteiger partial charge in [0, 0.05) is 30.6 Å². The molecular formula is C18H28N4O3S. The van der Waals surface area contributed by atoms with Gasteiger partial charge in [-0.3, -0.25) is 0 Å². The molecule has 0 radical (unpaired) electrons. The molecule has 0 spiro atoms. The number of fused-ring (bicyclic) bond motifs is 1. The number of benzene rings is 1. The van der Waals surface area contributed by atoms with Gasteiger partial charge in [-0.15, -0.1) is 0 Å². The van der Waals surface area contributed by atoms with Crippen LogP contribution in [0, 0.1) is 6.92 Å². The van der Waals surface area contributed by atoms with Crippen LogP contribution in [0.15, 0.2) is 33.7 Å². The Hall–Kier alpha value is -2.06. The second kappa shape index (κ2) is 9.59. The molecule has 2 aromatic rings. The fourth-order valence-electron chi connectivity index (χ4n) is 2.49. The minimum Gasteiger partial charge on any atom is -0.459 e. The Morgan fingerprint density at radius 1 is 1.15 bits per heavy atom. The molecule has 0 aliphatic rings. The Labute approximate surface area is 155 Å². The van der Waals surface area contributed by atoms with Gasteiger partial charge in [-0.05, 0) is 33.3 Å². The Morgan fingerprint density at radius 2 is 1.92 bits per heavy atom. The van der Waals surface area contributed by atoms with Crippen LogP contribution in [-0.4, -0.2) is 39.8 Å². The maximum absolute atomic E-state index is 11.4. The van der Waals surface area contributed by atoms with Gasteiger partial charge in [0.05, 0.1) is 5.75 Å². The zero-order valence-corrected chi connectivity index (χ0v) is 16.4. The third-order valence-corrected chi connectivity index (χ3v) is 5.42. The van der Waals surface area contributed by atoms with Crippen LogP contribution < -0.4 is 15.4 Å². The van der Waals surface area contributed by atoms with Gasteiger partial charge in [-0.2, -0.15) is 0 Å². The zero-order chi connectivity index (χ0) is 19.0. The Morgan fingerprint density at radius 3 is 2.62 bits per heavy atom. The molecule has 1 aromatic heterocycles. The lowest BCUT2D eigenvalue weighted by atomic mass is 10.1. The summed E-state index contributed by atoms with van der Waals surface area (Å²) in [6.07, 6.45) is 0.674. The molecule has 26 heavy (non-hydrogen) atoms. The predicted molar refractivity (Wildman–Crippen MR) is 106 cm³/mol. The molecule has 0 atom stereocenters. The van der Waals surface area contributed by atoms with Crippen molar-refractivity contribution in [3.05, 3.63) is 35.6 Å². The van der Waals surface area contributed by atoms with Crippen molar-refractivity contribution < 1.29 is 12.8 Å². The van der Waals surface area contributed by atoms with E-state index in [1.54, 1.807) is 6.92 Å². The van der Waals surface area contributed by atoms with Gasteiger partial charge >= 0.3 is 0 Å². The zero-order valence-electron chi connectivity index (χ0n) is 15.6. The van der Waals surface area contributed by atoms with E-state index in [4.69, 9.17) is 4.42 Å². The van der Waals surface area contributed by atoms with Crippen molar-refractivity contribution in [2.45, 2.75) is 33.7 Å². The van der Waals surface area contributed by atoms with Crippen LogP contribution in [0.2, 0.25) is 0 Å². The summed E-state index contributed by atoms with van der Waals surface area (Å²) < 4.78 is 31.2. The van der Waals surface area contributed by atoms with Gasteiger partial charge in [-0.25, -0.2) is 18.1 Å². The minimum atomic E-state index is -3.13. The largest absolute Gasteiger partial charge is 0.459 e. The quantitative estimate of drug-likeness (QED) is 0.352. The molecule has 8 heteroatoms. The molecule has 1 heterocycles. The van der Waals surface area contributed by atoms with Crippen molar-refractivity contribution in [1.82, 2.24) is 15.4 Å². The lowest BCUT2D eigenvalue weighted by Crippen LogP contribution is -2.38. The molecule has 0 bridgehead atoms. The first-order valence-corrected chi connectivity index (χ1v) is 10.6. The first-order valence-electron chi connectivity index (χ1n) is 8.93. The van der Waals surface area contributed by atoms with Crippen LogP contribution in [0.5, 0.6) is 0 Å².